The number of benzene rings is 2. The Hall–Kier alpha value is -2.50. The number of carbonyl (C=O) groups is 2. The predicted molar refractivity (Wildman–Crippen MR) is 115 cm³/mol. The molecule has 0 saturated carbocycles. The first-order valence-electron chi connectivity index (χ1n) is 9.04. The van der Waals surface area contributed by atoms with E-state index in [0.717, 1.165) is 38.8 Å². The van der Waals surface area contributed by atoms with E-state index in [0.29, 0.717) is 11.4 Å². The van der Waals surface area contributed by atoms with Crippen LogP contribution < -0.4 is 0 Å². The van der Waals surface area contributed by atoms with Gasteiger partial charge in [-0.25, -0.2) is 0 Å². The van der Waals surface area contributed by atoms with Crippen molar-refractivity contribution >= 4 is 51.5 Å². The van der Waals surface area contributed by atoms with E-state index < -0.39 is 0 Å². The molecule has 1 saturated heterocycles. The second kappa shape index (κ2) is 7.49. The maximum Gasteiger partial charge on any atom is 0.293 e. The van der Waals surface area contributed by atoms with Crippen molar-refractivity contribution in [3.63, 3.8) is 0 Å². The molecule has 142 valence electrons. The molecule has 1 aliphatic heterocycles. The summed E-state index contributed by atoms with van der Waals surface area (Å²) in [5, 5.41) is 1.54. The van der Waals surface area contributed by atoms with Crippen molar-refractivity contribution in [3.05, 3.63) is 75.8 Å². The summed E-state index contributed by atoms with van der Waals surface area (Å²) in [5.41, 5.74) is 2.99. The molecule has 1 aromatic heterocycles. The Morgan fingerprint density at radius 2 is 1.79 bits per heavy atom. The zero-order chi connectivity index (χ0) is 19.8. The summed E-state index contributed by atoms with van der Waals surface area (Å²) in [6.45, 7) is 4.31. The molecule has 0 spiro atoms. The van der Waals surface area contributed by atoms with Crippen molar-refractivity contribution in [1.29, 1.82) is 0 Å². The average Bonchev–Trinajstić information content (AvgIpc) is 3.14. The lowest BCUT2D eigenvalue weighted by Crippen LogP contribution is -2.34. The molecule has 6 heteroatoms. The highest BCUT2D eigenvalue weighted by Gasteiger charge is 2.36. The van der Waals surface area contributed by atoms with Crippen molar-refractivity contribution in [1.82, 2.24) is 9.47 Å². The highest BCUT2D eigenvalue weighted by molar-refractivity contribution is 8.18. The van der Waals surface area contributed by atoms with Crippen molar-refractivity contribution in [3.8, 4) is 0 Å². The minimum atomic E-state index is -0.229. The zero-order valence-corrected chi connectivity index (χ0v) is 17.1. The van der Waals surface area contributed by atoms with Crippen LogP contribution in [0.2, 0.25) is 5.02 Å². The fraction of sp³-hybridized carbons (Fsp3) is 0.182. The number of nitrogens with zero attached hydrogens (tertiary/aromatic N) is 2. The number of carbonyl (C=O) groups excluding carboxylic acids is 2. The molecule has 2 heterocycles. The van der Waals surface area contributed by atoms with Crippen molar-refractivity contribution < 1.29 is 9.59 Å². The molecule has 0 atom stereocenters. The van der Waals surface area contributed by atoms with Crippen LogP contribution in [0, 0.1) is 0 Å². The molecule has 2 aromatic carbocycles. The Morgan fingerprint density at radius 1 is 1.07 bits per heavy atom. The van der Waals surface area contributed by atoms with E-state index in [1.165, 1.54) is 4.90 Å². The Bertz CT molecular complexity index is 1120. The van der Waals surface area contributed by atoms with Crippen LogP contribution in [0.4, 0.5) is 4.79 Å². The van der Waals surface area contributed by atoms with E-state index in [1.54, 1.807) is 0 Å². The van der Waals surface area contributed by atoms with E-state index >= 15 is 0 Å². The fourth-order valence-corrected chi connectivity index (χ4v) is 4.54. The van der Waals surface area contributed by atoms with Gasteiger partial charge in [-0.2, -0.15) is 0 Å². The maximum absolute atomic E-state index is 12.6. The van der Waals surface area contributed by atoms with Gasteiger partial charge in [0.15, 0.2) is 0 Å². The molecule has 0 bridgehead atoms. The molecule has 1 aliphatic rings. The molecule has 0 N–H and O–H groups in total. The van der Waals surface area contributed by atoms with Gasteiger partial charge in [-0.1, -0.05) is 48.0 Å². The van der Waals surface area contributed by atoms with E-state index in [1.807, 2.05) is 74.7 Å². The number of aromatic nitrogens is 1. The molecule has 1 fully saturated rings. The monoisotopic (exact) mass is 410 g/mol. The third kappa shape index (κ3) is 3.36. The quantitative estimate of drug-likeness (QED) is 0.511. The summed E-state index contributed by atoms with van der Waals surface area (Å²) in [7, 11) is 0. The van der Waals surface area contributed by atoms with Gasteiger partial charge in [-0.3, -0.25) is 14.5 Å². The normalized spacial score (nSPS) is 16.1. The van der Waals surface area contributed by atoms with Crippen LogP contribution >= 0.6 is 23.4 Å². The van der Waals surface area contributed by atoms with Gasteiger partial charge < -0.3 is 4.57 Å². The molecule has 0 radical (unpaired) electrons. The predicted octanol–water partition coefficient (Wildman–Crippen LogP) is 5.79. The third-order valence-electron chi connectivity index (χ3n) is 4.74. The van der Waals surface area contributed by atoms with Crippen molar-refractivity contribution in [2.75, 3.05) is 0 Å². The summed E-state index contributed by atoms with van der Waals surface area (Å²) < 4.78 is 2.12. The molecular formula is C22H19ClN2O2S. The van der Waals surface area contributed by atoms with Gasteiger partial charge in [-0.05, 0) is 49.4 Å². The van der Waals surface area contributed by atoms with Gasteiger partial charge in [0.05, 0.1) is 4.91 Å². The lowest BCUT2D eigenvalue weighted by atomic mass is 10.1. The minimum absolute atomic E-state index is 0.153. The molecule has 2 amide bonds. The van der Waals surface area contributed by atoms with Gasteiger partial charge in [0, 0.05) is 40.3 Å². The molecule has 3 aromatic rings. The lowest BCUT2D eigenvalue weighted by Gasteiger charge is -2.16. The molecule has 0 aliphatic carbocycles. The van der Waals surface area contributed by atoms with Crippen LogP contribution in [-0.4, -0.2) is 26.7 Å². The number of halogens is 1. The number of para-hydroxylation sites is 1. The van der Waals surface area contributed by atoms with Crippen LogP contribution in [0.3, 0.4) is 0 Å². The van der Waals surface area contributed by atoms with Crippen LogP contribution in [0.25, 0.3) is 17.0 Å². The Labute approximate surface area is 172 Å². The number of hydrogen-bond donors (Lipinski definition) is 0. The molecule has 4 nitrogen and oxygen atoms in total. The first kappa shape index (κ1) is 18.8. The first-order chi connectivity index (χ1) is 13.5. The highest BCUT2D eigenvalue weighted by Crippen LogP contribution is 2.35. The smallest absolute Gasteiger partial charge is 0.293 e. The van der Waals surface area contributed by atoms with E-state index in [2.05, 4.69) is 4.57 Å². The Morgan fingerprint density at radius 3 is 2.50 bits per heavy atom. The number of amides is 2. The van der Waals surface area contributed by atoms with Gasteiger partial charge in [0.25, 0.3) is 11.1 Å². The average molecular weight is 411 g/mol. The molecular weight excluding hydrogens is 392 g/mol. The molecule has 4 rings (SSSR count). The Kier molecular flexibility index (Phi) is 5.04. The van der Waals surface area contributed by atoms with Crippen LogP contribution in [-0.2, 0) is 11.3 Å². The summed E-state index contributed by atoms with van der Waals surface area (Å²) in [6, 6.07) is 15.6. The fourth-order valence-electron chi connectivity index (χ4n) is 3.40. The van der Waals surface area contributed by atoms with Gasteiger partial charge >= 0.3 is 0 Å². The summed E-state index contributed by atoms with van der Waals surface area (Å²) in [6.07, 6.45) is 3.83. The van der Waals surface area contributed by atoms with Crippen LogP contribution in [0.15, 0.2) is 59.6 Å². The van der Waals surface area contributed by atoms with E-state index in [4.69, 9.17) is 11.6 Å². The molecule has 0 unspecified atom stereocenters. The third-order valence-corrected chi connectivity index (χ3v) is 6.00. The van der Waals surface area contributed by atoms with E-state index in [9.17, 15) is 9.59 Å². The summed E-state index contributed by atoms with van der Waals surface area (Å²) in [4.78, 5) is 26.6. The van der Waals surface area contributed by atoms with Crippen LogP contribution in [0.5, 0.6) is 0 Å². The number of thioether (sulfide) groups is 1. The second-order valence-corrected chi connectivity index (χ2v) is 8.37. The second-order valence-electron chi connectivity index (χ2n) is 6.97. The van der Waals surface area contributed by atoms with Gasteiger partial charge in [0.1, 0.15) is 0 Å². The number of hydrogen-bond acceptors (Lipinski definition) is 3. The highest BCUT2D eigenvalue weighted by atomic mass is 35.5. The van der Waals surface area contributed by atoms with Crippen molar-refractivity contribution in [2.45, 2.75) is 26.4 Å². The lowest BCUT2D eigenvalue weighted by molar-refractivity contribution is -0.123. The largest absolute Gasteiger partial charge is 0.342 e. The number of imide groups is 1. The minimum Gasteiger partial charge on any atom is -0.342 e. The topological polar surface area (TPSA) is 42.3 Å². The Balaban J connectivity index is 1.76. The zero-order valence-electron chi connectivity index (χ0n) is 15.6. The standard InChI is InChI=1S/C22H19ClN2O2S/c1-14(2)25-21(26)20(28-22(25)27)11-16-13-24(19-10-6-4-8-17(16)19)12-15-7-3-5-9-18(15)23/h3-11,13-14H,12H2,1-2H3/b20-11+. The first-order valence-corrected chi connectivity index (χ1v) is 10.2. The van der Waals surface area contributed by atoms with Gasteiger partial charge in [0.2, 0.25) is 0 Å². The maximum atomic E-state index is 12.6. The number of fused-ring (bicyclic) bond motifs is 1. The number of rotatable bonds is 4. The molecule has 28 heavy (non-hydrogen) atoms. The van der Waals surface area contributed by atoms with Gasteiger partial charge in [-0.15, -0.1) is 0 Å². The summed E-state index contributed by atoms with van der Waals surface area (Å²) in [5.74, 6) is -0.229. The van der Waals surface area contributed by atoms with Crippen LogP contribution in [0.1, 0.15) is 25.0 Å². The summed E-state index contributed by atoms with van der Waals surface area (Å²) >= 11 is 7.33. The van der Waals surface area contributed by atoms with Crippen molar-refractivity contribution in [2.24, 2.45) is 0 Å². The van der Waals surface area contributed by atoms with E-state index in [-0.39, 0.29) is 17.2 Å². The SMILES string of the molecule is CC(C)N1C(=O)S/C(=C/c2cn(Cc3ccccc3Cl)c3ccccc23)C1=O.